The van der Waals surface area contributed by atoms with Crippen LogP contribution in [-0.4, -0.2) is 29.1 Å². The lowest BCUT2D eigenvalue weighted by molar-refractivity contribution is -0.150. The Labute approximate surface area is 104 Å². The summed E-state index contributed by atoms with van der Waals surface area (Å²) in [5, 5.41) is 11.3. The van der Waals surface area contributed by atoms with Crippen LogP contribution in [0.25, 0.3) is 0 Å². The summed E-state index contributed by atoms with van der Waals surface area (Å²) in [5.74, 6) is -2.31. The van der Waals surface area contributed by atoms with Gasteiger partial charge in [-0.1, -0.05) is 12.1 Å². The van der Waals surface area contributed by atoms with Crippen molar-refractivity contribution in [3.05, 3.63) is 29.8 Å². The fourth-order valence-electron chi connectivity index (χ4n) is 1.32. The van der Waals surface area contributed by atoms with Crippen LogP contribution in [0.5, 0.6) is 0 Å². The molecule has 1 atom stereocenters. The molecule has 0 bridgehead atoms. The number of nitrogens with one attached hydrogen (secondary N) is 1. The second-order valence-corrected chi connectivity index (χ2v) is 3.59. The molecule has 1 aromatic rings. The number of hydrogen-bond acceptors (Lipinski definition) is 4. The van der Waals surface area contributed by atoms with Crippen molar-refractivity contribution in [3.63, 3.8) is 0 Å². The van der Waals surface area contributed by atoms with Gasteiger partial charge in [0.1, 0.15) is 0 Å². The highest BCUT2D eigenvalue weighted by Crippen LogP contribution is 2.15. The van der Waals surface area contributed by atoms with Crippen LogP contribution in [-0.2, 0) is 14.3 Å². The molecular formula is C12H13NO5. The van der Waals surface area contributed by atoms with Gasteiger partial charge in [0, 0.05) is 6.92 Å². The Morgan fingerprint density at radius 2 is 1.89 bits per heavy atom. The molecule has 0 aliphatic rings. The maximum absolute atomic E-state index is 11.6. The normalized spacial score (nSPS) is 11.4. The van der Waals surface area contributed by atoms with Gasteiger partial charge in [0.05, 0.1) is 11.3 Å². The minimum absolute atomic E-state index is 0.0270. The van der Waals surface area contributed by atoms with Gasteiger partial charge in [-0.3, -0.25) is 9.59 Å². The second-order valence-electron chi connectivity index (χ2n) is 3.59. The number of benzene rings is 1. The third kappa shape index (κ3) is 3.58. The number of amides is 1. The summed E-state index contributed by atoms with van der Waals surface area (Å²) in [6.45, 7) is 2.59. The number of esters is 1. The molecule has 0 spiro atoms. The fraction of sp³-hybridized carbons (Fsp3) is 0.250. The minimum atomic E-state index is -1.15. The largest absolute Gasteiger partial charge is 0.478 e. The lowest BCUT2D eigenvalue weighted by Gasteiger charge is -2.13. The number of aromatic carboxylic acids is 1. The summed E-state index contributed by atoms with van der Waals surface area (Å²) in [4.78, 5) is 33.2. The SMILES string of the molecule is CC(=O)OC(C)C(=O)Nc1ccccc1C(=O)O. The molecule has 0 aliphatic carbocycles. The summed E-state index contributed by atoms with van der Waals surface area (Å²) in [5.41, 5.74) is 0.134. The van der Waals surface area contributed by atoms with Crippen LogP contribution in [0.3, 0.4) is 0 Å². The Bertz CT molecular complexity index is 483. The molecule has 0 radical (unpaired) electrons. The Kier molecular flexibility index (Phi) is 4.42. The van der Waals surface area contributed by atoms with Crippen molar-refractivity contribution >= 4 is 23.5 Å². The summed E-state index contributed by atoms with van der Waals surface area (Å²) in [7, 11) is 0. The predicted octanol–water partition coefficient (Wildman–Crippen LogP) is 1.27. The molecular weight excluding hydrogens is 238 g/mol. The van der Waals surface area contributed by atoms with Crippen LogP contribution < -0.4 is 5.32 Å². The number of carboxylic acid groups (broad SMARTS) is 1. The number of carboxylic acids is 1. The van der Waals surface area contributed by atoms with E-state index in [4.69, 9.17) is 5.11 Å². The first-order chi connectivity index (χ1) is 8.41. The molecule has 0 aromatic heterocycles. The fourth-order valence-corrected chi connectivity index (χ4v) is 1.32. The molecule has 0 saturated heterocycles. The number of hydrogen-bond donors (Lipinski definition) is 2. The van der Waals surface area contributed by atoms with E-state index in [0.717, 1.165) is 0 Å². The van der Waals surface area contributed by atoms with Gasteiger partial charge in [0.2, 0.25) is 0 Å². The number of anilines is 1. The topological polar surface area (TPSA) is 92.7 Å². The molecule has 18 heavy (non-hydrogen) atoms. The molecule has 96 valence electrons. The average molecular weight is 251 g/mol. The first-order valence-corrected chi connectivity index (χ1v) is 5.22. The van der Waals surface area contributed by atoms with Crippen molar-refractivity contribution < 1.29 is 24.2 Å². The minimum Gasteiger partial charge on any atom is -0.478 e. The van der Waals surface area contributed by atoms with Crippen LogP contribution in [0.15, 0.2) is 24.3 Å². The van der Waals surface area contributed by atoms with E-state index < -0.39 is 23.9 Å². The van der Waals surface area contributed by atoms with Crippen molar-refractivity contribution in [2.24, 2.45) is 0 Å². The maximum Gasteiger partial charge on any atom is 0.337 e. The van der Waals surface area contributed by atoms with Crippen molar-refractivity contribution in [2.45, 2.75) is 20.0 Å². The number of carbonyl (C=O) groups excluding carboxylic acids is 2. The third-order valence-corrected chi connectivity index (χ3v) is 2.13. The van der Waals surface area contributed by atoms with Gasteiger partial charge in [-0.05, 0) is 19.1 Å². The highest BCUT2D eigenvalue weighted by Gasteiger charge is 2.18. The van der Waals surface area contributed by atoms with E-state index in [9.17, 15) is 14.4 Å². The molecule has 0 heterocycles. The van der Waals surface area contributed by atoms with E-state index in [-0.39, 0.29) is 11.3 Å². The molecule has 1 aromatic carbocycles. The number of rotatable bonds is 4. The second kappa shape index (κ2) is 5.81. The summed E-state index contributed by atoms with van der Waals surface area (Å²) >= 11 is 0. The lowest BCUT2D eigenvalue weighted by atomic mass is 10.1. The molecule has 2 N–H and O–H groups in total. The molecule has 6 nitrogen and oxygen atoms in total. The van der Waals surface area contributed by atoms with E-state index >= 15 is 0 Å². The van der Waals surface area contributed by atoms with Gasteiger partial charge >= 0.3 is 11.9 Å². The van der Waals surface area contributed by atoms with E-state index in [1.54, 1.807) is 12.1 Å². The zero-order valence-electron chi connectivity index (χ0n) is 9.97. The van der Waals surface area contributed by atoms with E-state index in [1.165, 1.54) is 26.0 Å². The van der Waals surface area contributed by atoms with Crippen LogP contribution in [0, 0.1) is 0 Å². The average Bonchev–Trinajstić information content (AvgIpc) is 2.28. The van der Waals surface area contributed by atoms with Crippen LogP contribution in [0.4, 0.5) is 5.69 Å². The molecule has 1 rings (SSSR count). The predicted molar refractivity (Wildman–Crippen MR) is 63.3 cm³/mol. The summed E-state index contributed by atoms with van der Waals surface area (Å²) in [6, 6.07) is 5.98. The van der Waals surface area contributed by atoms with E-state index in [2.05, 4.69) is 10.1 Å². The van der Waals surface area contributed by atoms with E-state index in [0.29, 0.717) is 0 Å². The van der Waals surface area contributed by atoms with E-state index in [1.807, 2.05) is 0 Å². The first-order valence-electron chi connectivity index (χ1n) is 5.22. The van der Waals surface area contributed by atoms with Gasteiger partial charge in [0.25, 0.3) is 5.91 Å². The van der Waals surface area contributed by atoms with Crippen LogP contribution in [0.2, 0.25) is 0 Å². The Balaban J connectivity index is 2.82. The quantitative estimate of drug-likeness (QED) is 0.786. The van der Waals surface area contributed by atoms with Crippen molar-refractivity contribution in [2.75, 3.05) is 5.32 Å². The van der Waals surface area contributed by atoms with Crippen molar-refractivity contribution in [3.8, 4) is 0 Å². The van der Waals surface area contributed by atoms with Crippen LogP contribution >= 0.6 is 0 Å². The van der Waals surface area contributed by atoms with Gasteiger partial charge in [-0.2, -0.15) is 0 Å². The van der Waals surface area contributed by atoms with Gasteiger partial charge in [-0.25, -0.2) is 4.79 Å². The maximum atomic E-state index is 11.6. The van der Waals surface area contributed by atoms with Crippen LogP contribution in [0.1, 0.15) is 24.2 Å². The molecule has 0 aliphatic heterocycles. The van der Waals surface area contributed by atoms with Gasteiger partial charge in [0.15, 0.2) is 6.10 Å². The summed E-state index contributed by atoms with van der Waals surface area (Å²) < 4.78 is 4.69. The molecule has 1 amide bonds. The van der Waals surface area contributed by atoms with Crippen molar-refractivity contribution in [1.82, 2.24) is 0 Å². The Morgan fingerprint density at radius 1 is 1.28 bits per heavy atom. The smallest absolute Gasteiger partial charge is 0.337 e. The Morgan fingerprint density at radius 3 is 2.44 bits per heavy atom. The third-order valence-electron chi connectivity index (χ3n) is 2.13. The zero-order valence-corrected chi connectivity index (χ0v) is 9.97. The van der Waals surface area contributed by atoms with Gasteiger partial charge < -0.3 is 15.2 Å². The monoisotopic (exact) mass is 251 g/mol. The first kappa shape index (κ1) is 13.7. The summed E-state index contributed by atoms with van der Waals surface area (Å²) in [6.07, 6.45) is -0.982. The molecule has 1 unspecified atom stereocenters. The number of carbonyl (C=O) groups is 3. The number of para-hydroxylation sites is 1. The number of ether oxygens (including phenoxy) is 1. The highest BCUT2D eigenvalue weighted by molar-refractivity contribution is 6.02. The molecule has 6 heteroatoms. The highest BCUT2D eigenvalue weighted by atomic mass is 16.5. The lowest BCUT2D eigenvalue weighted by Crippen LogP contribution is -2.29. The molecule has 0 saturated carbocycles. The van der Waals surface area contributed by atoms with Crippen molar-refractivity contribution in [1.29, 1.82) is 0 Å². The zero-order chi connectivity index (χ0) is 13.7. The molecule has 0 fully saturated rings. The van der Waals surface area contributed by atoms with Gasteiger partial charge in [-0.15, -0.1) is 0 Å². The Hall–Kier alpha value is -2.37. The standard InChI is InChI=1S/C12H13NO5/c1-7(18-8(2)14)11(15)13-10-6-4-3-5-9(10)12(16)17/h3-7H,1-2H3,(H,13,15)(H,16,17).